The molecule has 2 N–H and O–H groups in total. The highest BCUT2D eigenvalue weighted by atomic mass is 19.3. The molecule has 5 nitrogen and oxygen atoms in total. The molecule has 0 atom stereocenters. The van der Waals surface area contributed by atoms with Gasteiger partial charge < -0.3 is 5.73 Å². The largest absolute Gasteiger partial charge is 0.326 e. The van der Waals surface area contributed by atoms with E-state index >= 15 is 0 Å². The molecule has 0 spiro atoms. The lowest BCUT2D eigenvalue weighted by atomic mass is 10.1. The molecule has 0 saturated carbocycles. The fraction of sp³-hybridized carbons (Fsp3) is 0.375. The van der Waals surface area contributed by atoms with E-state index < -0.39 is 22.6 Å². The first-order valence-electron chi connectivity index (χ1n) is 4.10. The quantitative estimate of drug-likeness (QED) is 0.617. The van der Waals surface area contributed by atoms with Gasteiger partial charge in [0.1, 0.15) is 5.56 Å². The lowest BCUT2D eigenvalue weighted by molar-refractivity contribution is -0.387. The number of nitrogens with zero attached hydrogens (tertiary/aromatic N) is 2. The summed E-state index contributed by atoms with van der Waals surface area (Å²) >= 11 is 0. The molecule has 1 rings (SSSR count). The first-order chi connectivity index (χ1) is 6.99. The second-order valence-electron chi connectivity index (χ2n) is 2.89. The highest BCUT2D eigenvalue weighted by molar-refractivity contribution is 5.49. The molecule has 82 valence electrons. The second-order valence-corrected chi connectivity index (χ2v) is 2.89. The summed E-state index contributed by atoms with van der Waals surface area (Å²) in [4.78, 5) is 13.4. The van der Waals surface area contributed by atoms with E-state index in [2.05, 4.69) is 4.98 Å². The molecule has 0 saturated heterocycles. The zero-order valence-electron chi connectivity index (χ0n) is 7.91. The van der Waals surface area contributed by atoms with E-state index in [0.717, 1.165) is 6.20 Å². The van der Waals surface area contributed by atoms with Crippen LogP contribution in [0.25, 0.3) is 0 Å². The lowest BCUT2D eigenvalue weighted by Crippen LogP contribution is -2.09. The van der Waals surface area contributed by atoms with Crippen molar-refractivity contribution in [3.8, 4) is 0 Å². The van der Waals surface area contributed by atoms with Crippen molar-refractivity contribution in [2.45, 2.75) is 19.9 Å². The maximum absolute atomic E-state index is 12.5. The minimum atomic E-state index is -2.93. The normalized spacial score (nSPS) is 10.7. The van der Waals surface area contributed by atoms with Crippen molar-refractivity contribution >= 4 is 5.69 Å². The summed E-state index contributed by atoms with van der Waals surface area (Å²) in [5.41, 5.74) is 4.31. The van der Waals surface area contributed by atoms with Crippen molar-refractivity contribution in [1.82, 2.24) is 4.98 Å². The van der Waals surface area contributed by atoms with E-state index in [1.54, 1.807) is 0 Å². The van der Waals surface area contributed by atoms with Gasteiger partial charge in [-0.2, -0.15) is 0 Å². The van der Waals surface area contributed by atoms with E-state index in [1.165, 1.54) is 6.92 Å². The maximum atomic E-state index is 12.5. The predicted molar refractivity (Wildman–Crippen MR) is 48.5 cm³/mol. The van der Waals surface area contributed by atoms with Gasteiger partial charge in [0.15, 0.2) is 0 Å². The van der Waals surface area contributed by atoms with Crippen molar-refractivity contribution in [2.24, 2.45) is 5.73 Å². The Morgan fingerprint density at radius 1 is 1.67 bits per heavy atom. The van der Waals surface area contributed by atoms with Gasteiger partial charge in [0, 0.05) is 18.4 Å². The van der Waals surface area contributed by atoms with Gasteiger partial charge in [0.2, 0.25) is 0 Å². The van der Waals surface area contributed by atoms with E-state index in [1.807, 2.05) is 0 Å². The van der Waals surface area contributed by atoms with Crippen LogP contribution in [0.2, 0.25) is 0 Å². The average molecular weight is 217 g/mol. The Labute approximate surface area is 84.1 Å². The Morgan fingerprint density at radius 3 is 2.67 bits per heavy atom. The molecule has 0 bridgehead atoms. The van der Waals surface area contributed by atoms with Crippen molar-refractivity contribution < 1.29 is 13.7 Å². The predicted octanol–water partition coefficient (Wildman–Crippen LogP) is 1.69. The van der Waals surface area contributed by atoms with Gasteiger partial charge in [0.05, 0.1) is 10.5 Å². The van der Waals surface area contributed by atoms with Crippen LogP contribution >= 0.6 is 0 Å². The fourth-order valence-electron chi connectivity index (χ4n) is 1.27. The fourth-order valence-corrected chi connectivity index (χ4v) is 1.27. The number of aromatic nitrogens is 1. The van der Waals surface area contributed by atoms with Crippen molar-refractivity contribution in [3.05, 3.63) is 33.1 Å². The van der Waals surface area contributed by atoms with Crippen LogP contribution in [0.5, 0.6) is 0 Å². The Balaban J connectivity index is 3.49. The van der Waals surface area contributed by atoms with Crippen LogP contribution in [0.4, 0.5) is 14.5 Å². The number of halogens is 2. The van der Waals surface area contributed by atoms with Crippen molar-refractivity contribution in [2.75, 3.05) is 0 Å². The first-order valence-corrected chi connectivity index (χ1v) is 4.10. The maximum Gasteiger partial charge on any atom is 0.286 e. The van der Waals surface area contributed by atoms with Crippen LogP contribution in [-0.4, -0.2) is 9.91 Å². The third-order valence-electron chi connectivity index (χ3n) is 2.02. The van der Waals surface area contributed by atoms with Crippen molar-refractivity contribution in [1.29, 1.82) is 0 Å². The monoisotopic (exact) mass is 217 g/mol. The number of aryl methyl sites for hydroxylation is 1. The van der Waals surface area contributed by atoms with Crippen LogP contribution in [0.3, 0.4) is 0 Å². The molecule has 0 unspecified atom stereocenters. The van der Waals surface area contributed by atoms with Gasteiger partial charge in [-0.25, -0.2) is 8.78 Å². The minimum Gasteiger partial charge on any atom is -0.326 e. The summed E-state index contributed by atoms with van der Waals surface area (Å²) in [6, 6.07) is 0. The average Bonchev–Trinajstić information content (AvgIpc) is 2.16. The van der Waals surface area contributed by atoms with Crippen LogP contribution in [0.15, 0.2) is 6.20 Å². The molecule has 1 heterocycles. The summed E-state index contributed by atoms with van der Waals surface area (Å²) in [6.07, 6.45) is -2.11. The molecule has 15 heavy (non-hydrogen) atoms. The topological polar surface area (TPSA) is 82.0 Å². The van der Waals surface area contributed by atoms with Crippen molar-refractivity contribution in [3.63, 3.8) is 0 Å². The molecular weight excluding hydrogens is 208 g/mol. The van der Waals surface area contributed by atoms with Crippen LogP contribution in [0.1, 0.15) is 23.2 Å². The number of alkyl halides is 2. The minimum absolute atomic E-state index is 0.0535. The molecule has 1 aromatic rings. The number of rotatable bonds is 3. The third kappa shape index (κ3) is 2.07. The highest BCUT2D eigenvalue weighted by Gasteiger charge is 2.26. The smallest absolute Gasteiger partial charge is 0.286 e. The molecular formula is C8H9F2N3O2. The van der Waals surface area contributed by atoms with Gasteiger partial charge in [-0.15, -0.1) is 0 Å². The van der Waals surface area contributed by atoms with E-state index in [0.29, 0.717) is 5.69 Å². The van der Waals surface area contributed by atoms with Crippen LogP contribution < -0.4 is 5.73 Å². The van der Waals surface area contributed by atoms with Gasteiger partial charge in [-0.05, 0) is 6.92 Å². The molecule has 0 fully saturated rings. The molecule has 1 aromatic heterocycles. The molecule has 0 radical (unpaired) electrons. The van der Waals surface area contributed by atoms with Gasteiger partial charge in [-0.3, -0.25) is 15.1 Å². The Kier molecular flexibility index (Phi) is 3.25. The van der Waals surface area contributed by atoms with Crippen LogP contribution in [0, 0.1) is 17.0 Å². The molecule has 0 aliphatic rings. The van der Waals surface area contributed by atoms with E-state index in [9.17, 15) is 18.9 Å². The lowest BCUT2D eigenvalue weighted by Gasteiger charge is -2.07. The summed E-state index contributed by atoms with van der Waals surface area (Å²) in [7, 11) is 0. The van der Waals surface area contributed by atoms with Gasteiger partial charge >= 0.3 is 0 Å². The molecule has 7 heteroatoms. The summed E-state index contributed by atoms with van der Waals surface area (Å²) in [5, 5.41) is 10.6. The number of pyridine rings is 1. The standard InChI is InChI=1S/C8H9F2N3O2/c1-4-5(2-11)7(13(14)15)6(3-12-4)8(9)10/h3,8H,2,11H2,1H3. The van der Waals surface area contributed by atoms with Crippen LogP contribution in [-0.2, 0) is 6.54 Å². The first kappa shape index (κ1) is 11.4. The summed E-state index contributed by atoms with van der Waals surface area (Å²) < 4.78 is 24.9. The zero-order valence-corrected chi connectivity index (χ0v) is 7.91. The van der Waals surface area contributed by atoms with Gasteiger partial charge in [-0.1, -0.05) is 0 Å². The Hall–Kier alpha value is -1.63. The van der Waals surface area contributed by atoms with E-state index in [4.69, 9.17) is 5.73 Å². The zero-order chi connectivity index (χ0) is 11.6. The SMILES string of the molecule is Cc1ncc(C(F)F)c([N+](=O)[O-])c1CN. The van der Waals surface area contributed by atoms with Gasteiger partial charge in [0.25, 0.3) is 12.1 Å². The second kappa shape index (κ2) is 4.26. The number of nitro groups is 1. The number of hydrogen-bond acceptors (Lipinski definition) is 4. The molecule has 0 amide bonds. The molecule has 0 aliphatic heterocycles. The summed E-state index contributed by atoms with van der Waals surface area (Å²) in [5.74, 6) is 0. The number of nitrogens with two attached hydrogens (primary N) is 1. The summed E-state index contributed by atoms with van der Waals surface area (Å²) in [6.45, 7) is 1.31. The Morgan fingerprint density at radius 2 is 2.27 bits per heavy atom. The Bertz CT molecular complexity index is 396. The van der Waals surface area contributed by atoms with E-state index in [-0.39, 0.29) is 12.1 Å². The number of hydrogen-bond donors (Lipinski definition) is 1. The molecule has 0 aromatic carbocycles. The molecule has 0 aliphatic carbocycles. The third-order valence-corrected chi connectivity index (χ3v) is 2.02. The highest BCUT2D eigenvalue weighted by Crippen LogP contribution is 2.32.